The summed E-state index contributed by atoms with van der Waals surface area (Å²) in [5.74, 6) is 0. The van der Waals surface area contributed by atoms with Crippen LogP contribution in [0.1, 0.15) is 28.8 Å². The van der Waals surface area contributed by atoms with Gasteiger partial charge in [-0.1, -0.05) is 188 Å². The minimum atomic E-state index is 0.546. The third-order valence-corrected chi connectivity index (χ3v) is 28.7. The maximum atomic E-state index is 13.5. The van der Waals surface area contributed by atoms with Crippen LogP contribution in [0.15, 0.2) is 328 Å². The zero-order chi connectivity index (χ0) is 73.1. The van der Waals surface area contributed by atoms with Gasteiger partial charge in [0.1, 0.15) is 11.6 Å². The first kappa shape index (κ1) is 62.5. The van der Waals surface area contributed by atoms with Crippen LogP contribution in [-0.2, 0) is 6.42 Å². The number of hydrogen-bond acceptors (Lipinski definition) is 5. The molecule has 112 heavy (non-hydrogen) atoms. The third-order valence-electron chi connectivity index (χ3n) is 24.1. The van der Waals surface area contributed by atoms with Gasteiger partial charge in [0.2, 0.25) is 0 Å². The molecule has 0 fully saturated rings. The average Bonchev–Trinajstić information content (AvgIpc) is 1.53. The molecule has 0 N–H and O–H groups in total. The lowest BCUT2D eigenvalue weighted by atomic mass is 9.90. The molecule has 24 aromatic rings. The first-order valence-corrected chi connectivity index (χ1v) is 41.5. The number of aromatic nitrogens is 4. The number of thiophene rings is 4. The van der Waals surface area contributed by atoms with Crippen molar-refractivity contribution in [2.45, 2.75) is 12.8 Å². The van der Waals surface area contributed by atoms with Crippen molar-refractivity contribution in [1.82, 2.24) is 18.3 Å². The lowest BCUT2D eigenvalue weighted by Crippen LogP contribution is -2.15. The number of fused-ring (bicyclic) bond motifs is 24. The molecule has 25 rings (SSSR count). The van der Waals surface area contributed by atoms with Crippen molar-refractivity contribution in [3.05, 3.63) is 350 Å². The van der Waals surface area contributed by atoms with Gasteiger partial charge in [-0.05, 0) is 203 Å². The zero-order valence-corrected chi connectivity index (χ0v) is 63.3. The summed E-state index contributed by atoms with van der Waals surface area (Å²) in [6, 6.07) is 126. The second kappa shape index (κ2) is 23.8. The van der Waals surface area contributed by atoms with E-state index >= 15 is 0 Å². The van der Waals surface area contributed by atoms with Gasteiger partial charge >= 0.3 is 0 Å². The zero-order valence-electron chi connectivity index (χ0n) is 60.0. The number of allylic oxidation sites excluding steroid dienone is 1. The minimum Gasteiger partial charge on any atom is -0.311 e. The van der Waals surface area contributed by atoms with E-state index in [9.17, 15) is 5.26 Å². The lowest BCUT2D eigenvalue weighted by molar-refractivity contribution is 0.889. The predicted octanol–water partition coefficient (Wildman–Crippen LogP) is 29.8. The Kier molecular flexibility index (Phi) is 13.3. The maximum Gasteiger partial charge on any atom is 0.104 e. The first-order valence-electron chi connectivity index (χ1n) is 38.2. The molecular formula is C103H59N5S4. The Labute approximate surface area is 657 Å². The largest absolute Gasteiger partial charge is 0.311 e. The van der Waals surface area contributed by atoms with Crippen LogP contribution in [-0.4, -0.2) is 18.3 Å². The SMILES string of the molecule is N#Cc1c(-n2c3ccccc3c3cc(-c4ccc5sc6ccccc6c5c4)ccc32)c(-n2c3c(c4ccccc42)C=C(c2ccc4sc5ccccc5c4c2)CC3)cc(-n2c3ccccc3c3cc(-c4ccc5sc6ccccc6c5c4)ccc32)c1-n1c2ccccc2c2cc(-c3ccc4sc5ccccc5c4c3)ccc21. The minimum absolute atomic E-state index is 0.546. The highest BCUT2D eigenvalue weighted by atomic mass is 32.1. The van der Waals surface area contributed by atoms with Gasteiger partial charge in [0, 0.05) is 130 Å². The van der Waals surface area contributed by atoms with E-state index < -0.39 is 0 Å². The van der Waals surface area contributed by atoms with Crippen molar-refractivity contribution in [2.24, 2.45) is 0 Å². The summed E-state index contributed by atoms with van der Waals surface area (Å²) in [4.78, 5) is 0. The van der Waals surface area contributed by atoms with E-state index in [4.69, 9.17) is 0 Å². The molecule has 9 heteroatoms. The van der Waals surface area contributed by atoms with Crippen molar-refractivity contribution in [3.63, 3.8) is 0 Å². The molecule has 0 saturated carbocycles. The quantitative estimate of drug-likeness (QED) is 0.149. The maximum absolute atomic E-state index is 13.5. The molecule has 16 aromatic carbocycles. The summed E-state index contributed by atoms with van der Waals surface area (Å²) >= 11 is 7.41. The van der Waals surface area contributed by atoms with Crippen molar-refractivity contribution in [3.8, 4) is 62.2 Å². The number of rotatable bonds is 8. The molecule has 0 spiro atoms. The lowest BCUT2D eigenvalue weighted by Gasteiger charge is -2.26. The molecule has 0 atom stereocenters. The monoisotopic (exact) mass is 1490 g/mol. The highest BCUT2D eigenvalue weighted by Crippen LogP contribution is 2.51. The van der Waals surface area contributed by atoms with E-state index in [1.807, 2.05) is 45.3 Å². The van der Waals surface area contributed by atoms with Crippen LogP contribution in [0.25, 0.3) is 225 Å². The summed E-state index contributed by atoms with van der Waals surface area (Å²) in [5.41, 5.74) is 23.0. The van der Waals surface area contributed by atoms with Crippen LogP contribution in [0.2, 0.25) is 0 Å². The van der Waals surface area contributed by atoms with Crippen LogP contribution in [0.5, 0.6) is 0 Å². The Morgan fingerprint density at radius 3 is 0.920 bits per heavy atom. The van der Waals surface area contributed by atoms with E-state index in [1.54, 1.807) is 0 Å². The van der Waals surface area contributed by atoms with Crippen molar-refractivity contribution >= 4 is 214 Å². The van der Waals surface area contributed by atoms with Crippen LogP contribution in [0.4, 0.5) is 0 Å². The van der Waals surface area contributed by atoms with Gasteiger partial charge < -0.3 is 18.3 Å². The van der Waals surface area contributed by atoms with Crippen LogP contribution in [0.3, 0.4) is 0 Å². The normalized spacial score (nSPS) is 12.8. The van der Waals surface area contributed by atoms with E-state index in [-0.39, 0.29) is 0 Å². The molecule has 0 amide bonds. The fraction of sp³-hybridized carbons (Fsp3) is 0.0194. The van der Waals surface area contributed by atoms with Gasteiger partial charge in [-0.25, -0.2) is 0 Å². The van der Waals surface area contributed by atoms with Crippen molar-refractivity contribution < 1.29 is 0 Å². The molecule has 520 valence electrons. The Hall–Kier alpha value is -13.4. The number of hydrogen-bond donors (Lipinski definition) is 0. The fourth-order valence-corrected chi connectivity index (χ4v) is 23.4. The van der Waals surface area contributed by atoms with Gasteiger partial charge in [-0.15, -0.1) is 45.3 Å². The van der Waals surface area contributed by atoms with Crippen LogP contribution < -0.4 is 0 Å². The van der Waals surface area contributed by atoms with Gasteiger partial charge in [0.05, 0.1) is 61.4 Å². The Morgan fingerprint density at radius 2 is 0.518 bits per heavy atom. The molecule has 5 nitrogen and oxygen atoms in total. The van der Waals surface area contributed by atoms with E-state index in [2.05, 4.69) is 358 Å². The van der Waals surface area contributed by atoms with Crippen molar-refractivity contribution in [1.29, 1.82) is 5.26 Å². The topological polar surface area (TPSA) is 43.5 Å². The van der Waals surface area contributed by atoms with Gasteiger partial charge in [0.25, 0.3) is 0 Å². The van der Waals surface area contributed by atoms with Gasteiger partial charge in [0.15, 0.2) is 0 Å². The summed E-state index contributed by atoms with van der Waals surface area (Å²) in [6.45, 7) is 0. The van der Waals surface area contributed by atoms with Gasteiger partial charge in [-0.2, -0.15) is 5.26 Å². The standard InChI is InChI=1S/C103H59N5S4/c104-58-83-102(107-86-27-11-3-19-69(86)77-51-61(35-43-90(77)107)65-39-47-100-81(55-65)73-23-7-15-31-96(73)111-100)92(105-84-25-9-1-17-67(84)75-49-59(33-41-88(75)105)63-37-45-98-79(53-63)71-21-5-13-29-94(71)109-98)57-93(106-85-26-10-2-18-68(85)76-50-60(34-42-89(76)106)64-38-46-99-80(54-64)72-22-6-14-30-95(72)110-99)103(83)108-87-28-12-4-20-70(87)78-52-62(36-44-91(78)108)66-40-48-101-82(56-66)74-24-8-16-32-97(74)112-101/h1-33,35-41,43-57H,34,42H2. The fourth-order valence-electron chi connectivity index (χ4n) is 19.1. The highest BCUT2D eigenvalue weighted by molar-refractivity contribution is 7.27. The number of nitriles is 1. The van der Waals surface area contributed by atoms with Crippen molar-refractivity contribution in [2.75, 3.05) is 0 Å². The Morgan fingerprint density at radius 1 is 0.232 bits per heavy atom. The van der Waals surface area contributed by atoms with E-state index in [1.165, 1.54) is 109 Å². The van der Waals surface area contributed by atoms with Crippen LogP contribution in [0, 0.1) is 11.3 Å². The Balaban J connectivity index is 0.804. The Bertz CT molecular complexity index is 8370. The number of benzene rings is 16. The summed E-state index contributed by atoms with van der Waals surface area (Å²) in [7, 11) is 0. The molecule has 0 bridgehead atoms. The first-order chi connectivity index (χ1) is 55.5. The molecule has 1 aliphatic rings. The molecule has 8 aromatic heterocycles. The summed E-state index contributed by atoms with van der Waals surface area (Å²) in [5, 5.41) is 31.5. The molecule has 0 saturated heterocycles. The predicted molar refractivity (Wildman–Crippen MR) is 482 cm³/mol. The van der Waals surface area contributed by atoms with E-state index in [0.29, 0.717) is 5.56 Å². The van der Waals surface area contributed by atoms with E-state index in [0.717, 1.165) is 140 Å². The molecular weight excluding hydrogens is 1440 g/mol. The second-order valence-corrected chi connectivity index (χ2v) is 34.3. The number of nitrogens with zero attached hydrogens (tertiary/aromatic N) is 5. The summed E-state index contributed by atoms with van der Waals surface area (Å²) < 4.78 is 20.3. The molecule has 1 aliphatic carbocycles. The average molecular weight is 1490 g/mol. The molecule has 0 aliphatic heterocycles. The highest BCUT2D eigenvalue weighted by Gasteiger charge is 2.33. The third kappa shape index (κ3) is 9.03. The molecule has 0 unspecified atom stereocenters. The molecule has 8 heterocycles. The summed E-state index contributed by atoms with van der Waals surface area (Å²) in [6.07, 6.45) is 4.06. The number of para-hydroxylation sites is 4. The molecule has 0 radical (unpaired) electrons. The second-order valence-electron chi connectivity index (χ2n) is 30.0. The van der Waals surface area contributed by atoms with Gasteiger partial charge in [-0.3, -0.25) is 0 Å². The smallest absolute Gasteiger partial charge is 0.104 e. The van der Waals surface area contributed by atoms with Crippen LogP contribution >= 0.6 is 45.3 Å².